The molecule has 0 amide bonds. The van der Waals surface area contributed by atoms with Crippen molar-refractivity contribution in [2.45, 2.75) is 50.0 Å². The molecule has 4 aromatic heterocycles. The zero-order valence-corrected chi connectivity index (χ0v) is 20.0. The Labute approximate surface area is 202 Å². The highest BCUT2D eigenvalue weighted by atomic mass is 32.2. The summed E-state index contributed by atoms with van der Waals surface area (Å²) < 4.78 is 36.1. The number of fused-ring (bicyclic) bond motifs is 3. The van der Waals surface area contributed by atoms with Crippen LogP contribution in [0.15, 0.2) is 64.2 Å². The number of furan rings is 1. The van der Waals surface area contributed by atoms with Gasteiger partial charge in [0.25, 0.3) is 10.0 Å². The number of aldehydes is 1. The van der Waals surface area contributed by atoms with Gasteiger partial charge in [-0.25, -0.2) is 22.4 Å². The van der Waals surface area contributed by atoms with Crippen LogP contribution in [0.5, 0.6) is 0 Å². The number of carbonyl (C=O) groups excluding carboxylic acids is 1. The summed E-state index contributed by atoms with van der Waals surface area (Å²) in [6, 6.07) is 12.2. The van der Waals surface area contributed by atoms with Crippen LogP contribution in [0.1, 0.15) is 54.3 Å². The van der Waals surface area contributed by atoms with Gasteiger partial charge in [0.15, 0.2) is 29.3 Å². The first kappa shape index (κ1) is 21.8. The Hall–Kier alpha value is -3.72. The van der Waals surface area contributed by atoms with Crippen molar-refractivity contribution in [1.29, 1.82) is 0 Å². The molecule has 6 rings (SSSR count). The van der Waals surface area contributed by atoms with E-state index in [-0.39, 0.29) is 16.7 Å². The monoisotopic (exact) mass is 488 g/mol. The van der Waals surface area contributed by atoms with Gasteiger partial charge in [0.1, 0.15) is 5.52 Å². The van der Waals surface area contributed by atoms with Gasteiger partial charge in [-0.1, -0.05) is 37.0 Å². The van der Waals surface area contributed by atoms with E-state index in [0.717, 1.165) is 36.8 Å². The number of hydrogen-bond acceptors (Lipinski definition) is 6. The lowest BCUT2D eigenvalue weighted by Gasteiger charge is -2.25. The van der Waals surface area contributed by atoms with Crippen molar-refractivity contribution in [3.63, 3.8) is 0 Å². The molecule has 0 bridgehead atoms. The molecule has 1 aliphatic carbocycles. The summed E-state index contributed by atoms with van der Waals surface area (Å²) in [4.78, 5) is 20.8. The summed E-state index contributed by atoms with van der Waals surface area (Å²) in [7, 11) is -3.82. The molecule has 0 atom stereocenters. The minimum atomic E-state index is -3.82. The molecule has 1 aromatic carbocycles. The van der Waals surface area contributed by atoms with Gasteiger partial charge in [-0.15, -0.1) is 0 Å². The van der Waals surface area contributed by atoms with Crippen LogP contribution in [-0.4, -0.2) is 33.2 Å². The van der Waals surface area contributed by atoms with Crippen LogP contribution >= 0.6 is 0 Å². The molecule has 0 N–H and O–H groups in total. The lowest BCUT2D eigenvalue weighted by molar-refractivity contribution is 0.110. The molecular formula is C26H24N4O4S. The van der Waals surface area contributed by atoms with Crippen LogP contribution < -0.4 is 0 Å². The molecule has 178 valence electrons. The Morgan fingerprint density at radius 1 is 1.03 bits per heavy atom. The average Bonchev–Trinajstić information content (AvgIpc) is 3.60. The van der Waals surface area contributed by atoms with Gasteiger partial charge in [-0.2, -0.15) is 0 Å². The highest BCUT2D eigenvalue weighted by molar-refractivity contribution is 7.90. The predicted octanol–water partition coefficient (Wildman–Crippen LogP) is 5.51. The Balaban J connectivity index is 1.60. The second-order valence-corrected chi connectivity index (χ2v) is 10.9. The number of pyridine rings is 1. The van der Waals surface area contributed by atoms with Crippen LogP contribution in [0.4, 0.5) is 0 Å². The van der Waals surface area contributed by atoms with Gasteiger partial charge in [-0.3, -0.25) is 4.79 Å². The largest absolute Gasteiger partial charge is 0.450 e. The number of aromatic nitrogens is 4. The van der Waals surface area contributed by atoms with Crippen molar-refractivity contribution in [2.24, 2.45) is 0 Å². The highest BCUT2D eigenvalue weighted by Crippen LogP contribution is 2.39. The first-order valence-corrected chi connectivity index (χ1v) is 13.2. The van der Waals surface area contributed by atoms with E-state index in [1.807, 2.05) is 6.92 Å². The molecule has 4 heterocycles. The fourth-order valence-electron chi connectivity index (χ4n) is 5.07. The molecule has 5 aromatic rings. The maximum Gasteiger partial charge on any atom is 0.269 e. The summed E-state index contributed by atoms with van der Waals surface area (Å²) in [5.41, 5.74) is 2.83. The number of benzene rings is 1. The molecule has 9 heteroatoms. The van der Waals surface area contributed by atoms with Crippen molar-refractivity contribution < 1.29 is 17.6 Å². The van der Waals surface area contributed by atoms with Crippen LogP contribution in [0, 0.1) is 6.92 Å². The zero-order chi connectivity index (χ0) is 24.2. The molecule has 0 saturated heterocycles. The lowest BCUT2D eigenvalue weighted by atomic mass is 9.95. The van der Waals surface area contributed by atoms with Crippen LogP contribution in [0.2, 0.25) is 0 Å². The van der Waals surface area contributed by atoms with E-state index in [9.17, 15) is 13.2 Å². The third-order valence-electron chi connectivity index (χ3n) is 6.81. The standard InChI is InChI=1S/C26H24N4O4S/c1-17-7-10-20(11-8-17)35(32,33)29-14-13-21-24-22(15-27-25(21)29)28-26(23-12-9-19(16-31)34-23)30(24)18-5-3-2-4-6-18/h7-16,18H,2-6H2,1H3. The van der Waals surface area contributed by atoms with Gasteiger partial charge in [0.2, 0.25) is 0 Å². The number of hydrogen-bond donors (Lipinski definition) is 0. The minimum Gasteiger partial charge on any atom is -0.450 e. The normalized spacial score (nSPS) is 15.2. The van der Waals surface area contributed by atoms with Gasteiger partial charge in [-0.05, 0) is 50.1 Å². The Kier molecular flexibility index (Phi) is 5.10. The molecule has 8 nitrogen and oxygen atoms in total. The van der Waals surface area contributed by atoms with Crippen molar-refractivity contribution >= 4 is 38.4 Å². The van der Waals surface area contributed by atoms with Crippen molar-refractivity contribution in [3.8, 4) is 11.6 Å². The van der Waals surface area contributed by atoms with Crippen LogP contribution in [0.3, 0.4) is 0 Å². The van der Waals surface area contributed by atoms with Crippen LogP contribution in [0.25, 0.3) is 33.7 Å². The van der Waals surface area contributed by atoms with E-state index < -0.39 is 10.0 Å². The molecular weight excluding hydrogens is 464 g/mol. The Morgan fingerprint density at radius 2 is 1.80 bits per heavy atom. The van der Waals surface area contributed by atoms with Crippen molar-refractivity contribution in [3.05, 3.63) is 66.2 Å². The molecule has 0 unspecified atom stereocenters. The molecule has 0 radical (unpaired) electrons. The minimum absolute atomic E-state index is 0.191. The molecule has 35 heavy (non-hydrogen) atoms. The van der Waals surface area contributed by atoms with Gasteiger partial charge >= 0.3 is 0 Å². The average molecular weight is 489 g/mol. The number of nitrogens with zero attached hydrogens (tertiary/aromatic N) is 4. The van der Waals surface area contributed by atoms with Gasteiger partial charge in [0, 0.05) is 17.6 Å². The highest BCUT2D eigenvalue weighted by Gasteiger charge is 2.27. The smallest absolute Gasteiger partial charge is 0.269 e. The van der Waals surface area contributed by atoms with E-state index in [1.54, 1.807) is 54.9 Å². The first-order chi connectivity index (χ1) is 17.0. The second-order valence-electron chi connectivity index (χ2n) is 9.08. The summed E-state index contributed by atoms with van der Waals surface area (Å²) in [6.45, 7) is 1.92. The summed E-state index contributed by atoms with van der Waals surface area (Å²) in [6.07, 6.45) is 9.24. The van der Waals surface area contributed by atoms with E-state index >= 15 is 0 Å². The van der Waals surface area contributed by atoms with E-state index in [0.29, 0.717) is 34.4 Å². The molecule has 1 saturated carbocycles. The zero-order valence-electron chi connectivity index (χ0n) is 19.2. The summed E-state index contributed by atoms with van der Waals surface area (Å²) in [5, 5.41) is 0.713. The molecule has 1 aliphatic rings. The third-order valence-corrected chi connectivity index (χ3v) is 8.49. The number of rotatable bonds is 5. The number of aryl methyl sites for hydroxylation is 1. The maximum absolute atomic E-state index is 13.5. The topological polar surface area (TPSA) is 100.0 Å². The van der Waals surface area contributed by atoms with Gasteiger partial charge in [0.05, 0.1) is 16.6 Å². The quantitative estimate of drug-likeness (QED) is 0.303. The molecule has 0 spiro atoms. The molecule has 1 fully saturated rings. The predicted molar refractivity (Wildman–Crippen MR) is 132 cm³/mol. The fraction of sp³-hybridized carbons (Fsp3) is 0.269. The molecule has 0 aliphatic heterocycles. The van der Waals surface area contributed by atoms with E-state index in [1.165, 1.54) is 10.4 Å². The fourth-order valence-corrected chi connectivity index (χ4v) is 6.37. The first-order valence-electron chi connectivity index (χ1n) is 11.7. The van der Waals surface area contributed by atoms with Crippen LogP contribution in [-0.2, 0) is 10.0 Å². The third kappa shape index (κ3) is 3.49. The lowest BCUT2D eigenvalue weighted by Crippen LogP contribution is -2.14. The summed E-state index contributed by atoms with van der Waals surface area (Å²) >= 11 is 0. The van der Waals surface area contributed by atoms with Crippen molar-refractivity contribution in [2.75, 3.05) is 0 Å². The van der Waals surface area contributed by atoms with E-state index in [4.69, 9.17) is 9.40 Å². The van der Waals surface area contributed by atoms with Gasteiger partial charge < -0.3 is 8.98 Å². The maximum atomic E-state index is 13.5. The Bertz CT molecular complexity index is 1670. The number of imidazole rings is 1. The summed E-state index contributed by atoms with van der Waals surface area (Å²) in [5.74, 6) is 1.37. The van der Waals surface area contributed by atoms with Crippen molar-refractivity contribution in [1.82, 2.24) is 18.5 Å². The van der Waals surface area contributed by atoms with E-state index in [2.05, 4.69) is 9.55 Å². The number of carbonyl (C=O) groups is 1. The second kappa shape index (κ2) is 8.20. The SMILES string of the molecule is Cc1ccc(S(=O)(=O)n2ccc3c2ncc2nc(-c4ccc(C=O)o4)n(C4CCCCC4)c23)cc1. The Morgan fingerprint density at radius 3 is 2.51 bits per heavy atom.